The zero-order valence-electron chi connectivity index (χ0n) is 15.7. The molecule has 6 heteroatoms. The first-order valence-corrected chi connectivity index (χ1v) is 10.4. The third kappa shape index (κ3) is 4.70. The minimum absolute atomic E-state index is 0.0125. The topological polar surface area (TPSA) is 50.8 Å². The van der Waals surface area contributed by atoms with Crippen LogP contribution in [0, 0.1) is 0 Å². The van der Waals surface area contributed by atoms with Gasteiger partial charge >= 0.3 is 0 Å². The first kappa shape index (κ1) is 18.9. The number of morpholine rings is 1. The largest absolute Gasteiger partial charge is 0.484 e. The fraction of sp³-hybridized carbons (Fsp3) is 0.318. The summed E-state index contributed by atoms with van der Waals surface area (Å²) in [5.41, 5.74) is 0. The third-order valence-electron chi connectivity index (χ3n) is 4.94. The van der Waals surface area contributed by atoms with E-state index in [-0.39, 0.29) is 18.6 Å². The Hall–Kier alpha value is -2.41. The number of amides is 1. The molecule has 5 nitrogen and oxygen atoms in total. The Morgan fingerprint density at radius 1 is 1.11 bits per heavy atom. The van der Waals surface area contributed by atoms with Crippen LogP contribution in [0.4, 0.5) is 0 Å². The maximum absolute atomic E-state index is 12.4. The van der Waals surface area contributed by atoms with Crippen LogP contribution in [0.3, 0.4) is 0 Å². The summed E-state index contributed by atoms with van der Waals surface area (Å²) in [6, 6.07) is 18.3. The van der Waals surface area contributed by atoms with Crippen molar-refractivity contribution < 1.29 is 14.3 Å². The van der Waals surface area contributed by atoms with Gasteiger partial charge in [0.25, 0.3) is 5.91 Å². The molecule has 146 valence electrons. The van der Waals surface area contributed by atoms with Crippen molar-refractivity contribution in [1.82, 2.24) is 10.2 Å². The first-order valence-electron chi connectivity index (χ1n) is 9.53. The minimum Gasteiger partial charge on any atom is -0.484 e. The predicted octanol–water partition coefficient (Wildman–Crippen LogP) is 3.47. The van der Waals surface area contributed by atoms with Gasteiger partial charge in [-0.25, -0.2) is 0 Å². The Balaban J connectivity index is 1.32. The second kappa shape index (κ2) is 9.19. The van der Waals surface area contributed by atoms with Crippen molar-refractivity contribution in [2.75, 3.05) is 39.5 Å². The van der Waals surface area contributed by atoms with Crippen LogP contribution in [0.5, 0.6) is 5.75 Å². The van der Waals surface area contributed by atoms with Gasteiger partial charge in [0.15, 0.2) is 6.61 Å². The number of carbonyl (C=O) groups excluding carboxylic acids is 1. The first-order chi connectivity index (χ1) is 13.8. The summed E-state index contributed by atoms with van der Waals surface area (Å²) in [7, 11) is 0. The molecule has 0 aliphatic carbocycles. The van der Waals surface area contributed by atoms with Crippen molar-refractivity contribution in [2.24, 2.45) is 0 Å². The van der Waals surface area contributed by atoms with Crippen LogP contribution < -0.4 is 10.1 Å². The lowest BCUT2D eigenvalue weighted by molar-refractivity contribution is -0.123. The number of benzene rings is 2. The van der Waals surface area contributed by atoms with Crippen LogP contribution in [-0.4, -0.2) is 50.3 Å². The Morgan fingerprint density at radius 3 is 2.71 bits per heavy atom. The molecule has 1 saturated heterocycles. The molecule has 1 aliphatic rings. The lowest BCUT2D eigenvalue weighted by Crippen LogP contribution is -2.44. The van der Waals surface area contributed by atoms with Gasteiger partial charge in [-0.05, 0) is 34.4 Å². The van der Waals surface area contributed by atoms with E-state index < -0.39 is 0 Å². The molecule has 2 heterocycles. The molecule has 0 spiro atoms. The van der Waals surface area contributed by atoms with Gasteiger partial charge in [0.2, 0.25) is 0 Å². The summed E-state index contributed by atoms with van der Waals surface area (Å²) < 4.78 is 11.2. The van der Waals surface area contributed by atoms with E-state index in [4.69, 9.17) is 9.47 Å². The molecule has 0 radical (unpaired) electrons. The zero-order valence-corrected chi connectivity index (χ0v) is 16.5. The maximum atomic E-state index is 12.4. The molecule has 4 rings (SSSR count). The van der Waals surface area contributed by atoms with Crippen molar-refractivity contribution in [1.29, 1.82) is 0 Å². The summed E-state index contributed by atoms with van der Waals surface area (Å²) in [5.74, 6) is 0.597. The Bertz CT molecular complexity index is 907. The molecule has 1 aliphatic heterocycles. The predicted molar refractivity (Wildman–Crippen MR) is 112 cm³/mol. The lowest BCUT2D eigenvalue weighted by Gasteiger charge is -2.34. The molecule has 0 saturated carbocycles. The van der Waals surface area contributed by atoms with Crippen LogP contribution in [0.2, 0.25) is 0 Å². The standard InChI is InChI=1S/C22H24N2O3S/c25-22(16-27-19-8-7-17-4-1-2-5-18(17)14-19)23-15-20(21-6-3-13-28-21)24-9-11-26-12-10-24/h1-8,13-14,20H,9-12,15-16H2,(H,23,25)/t20-/m1/s1. The molecule has 2 aromatic carbocycles. The van der Waals surface area contributed by atoms with Crippen molar-refractivity contribution >= 4 is 28.0 Å². The van der Waals surface area contributed by atoms with Crippen molar-refractivity contribution in [3.05, 3.63) is 64.9 Å². The SMILES string of the molecule is O=C(COc1ccc2ccccc2c1)NC[C@H](c1cccs1)N1CCOCC1. The highest BCUT2D eigenvalue weighted by Gasteiger charge is 2.23. The number of hydrogen-bond donors (Lipinski definition) is 1. The van der Waals surface area contributed by atoms with Crippen LogP contribution >= 0.6 is 11.3 Å². The van der Waals surface area contributed by atoms with Crippen molar-refractivity contribution in [2.45, 2.75) is 6.04 Å². The molecule has 1 N–H and O–H groups in total. The van der Waals surface area contributed by atoms with Crippen LogP contribution in [0.25, 0.3) is 10.8 Å². The summed E-state index contributed by atoms with van der Waals surface area (Å²) in [4.78, 5) is 16.0. The summed E-state index contributed by atoms with van der Waals surface area (Å²) in [6.07, 6.45) is 0. The molecular formula is C22H24N2O3S. The average Bonchev–Trinajstić information content (AvgIpc) is 3.27. The van der Waals surface area contributed by atoms with E-state index in [2.05, 4.69) is 33.8 Å². The smallest absolute Gasteiger partial charge is 0.258 e. The van der Waals surface area contributed by atoms with E-state index in [1.807, 2.05) is 36.4 Å². The van der Waals surface area contributed by atoms with Gasteiger partial charge in [0.05, 0.1) is 19.3 Å². The minimum atomic E-state index is -0.108. The Labute approximate surface area is 168 Å². The maximum Gasteiger partial charge on any atom is 0.258 e. The number of rotatable bonds is 7. The molecule has 1 fully saturated rings. The van der Waals surface area contributed by atoms with Gasteiger partial charge in [-0.3, -0.25) is 9.69 Å². The number of ether oxygens (including phenoxy) is 2. The number of thiophene rings is 1. The number of fused-ring (bicyclic) bond motifs is 1. The van der Waals surface area contributed by atoms with Gasteiger partial charge in [0, 0.05) is 24.5 Å². The van der Waals surface area contributed by atoms with Gasteiger partial charge in [0.1, 0.15) is 5.75 Å². The molecule has 3 aromatic rings. The number of nitrogens with zero attached hydrogens (tertiary/aromatic N) is 1. The average molecular weight is 397 g/mol. The highest BCUT2D eigenvalue weighted by molar-refractivity contribution is 7.10. The van der Waals surface area contributed by atoms with Crippen molar-refractivity contribution in [3.63, 3.8) is 0 Å². The van der Waals surface area contributed by atoms with Gasteiger partial charge in [-0.15, -0.1) is 11.3 Å². The van der Waals surface area contributed by atoms with E-state index in [0.717, 1.165) is 37.1 Å². The molecule has 1 aromatic heterocycles. The number of carbonyl (C=O) groups is 1. The van der Waals surface area contributed by atoms with Gasteiger partial charge in [-0.1, -0.05) is 36.4 Å². The number of hydrogen-bond acceptors (Lipinski definition) is 5. The summed E-state index contributed by atoms with van der Waals surface area (Å²) in [6.45, 7) is 3.82. The Kier molecular flexibility index (Phi) is 6.21. The molecule has 0 unspecified atom stereocenters. The second-order valence-corrected chi connectivity index (χ2v) is 7.76. The lowest BCUT2D eigenvalue weighted by atomic mass is 10.1. The van der Waals surface area contributed by atoms with E-state index in [1.54, 1.807) is 11.3 Å². The second-order valence-electron chi connectivity index (χ2n) is 6.78. The summed E-state index contributed by atoms with van der Waals surface area (Å²) in [5, 5.41) is 7.37. The number of nitrogens with one attached hydrogen (secondary N) is 1. The van der Waals surface area contributed by atoms with E-state index in [1.165, 1.54) is 4.88 Å². The van der Waals surface area contributed by atoms with Crippen LogP contribution in [0.15, 0.2) is 60.0 Å². The van der Waals surface area contributed by atoms with Crippen molar-refractivity contribution in [3.8, 4) is 5.75 Å². The summed E-state index contributed by atoms with van der Waals surface area (Å²) >= 11 is 1.72. The Morgan fingerprint density at radius 2 is 1.93 bits per heavy atom. The highest BCUT2D eigenvalue weighted by Crippen LogP contribution is 2.25. The van der Waals surface area contributed by atoms with Gasteiger partial charge < -0.3 is 14.8 Å². The van der Waals surface area contributed by atoms with Gasteiger partial charge in [-0.2, -0.15) is 0 Å². The quantitative estimate of drug-likeness (QED) is 0.664. The van der Waals surface area contributed by atoms with Crippen LogP contribution in [0.1, 0.15) is 10.9 Å². The molecule has 0 bridgehead atoms. The fourth-order valence-corrected chi connectivity index (χ4v) is 4.31. The zero-order chi connectivity index (χ0) is 19.2. The molecule has 1 amide bonds. The molecular weight excluding hydrogens is 372 g/mol. The normalized spacial score (nSPS) is 16.0. The molecule has 1 atom stereocenters. The fourth-order valence-electron chi connectivity index (χ4n) is 3.45. The van der Waals surface area contributed by atoms with Crippen LogP contribution in [-0.2, 0) is 9.53 Å². The third-order valence-corrected chi connectivity index (χ3v) is 5.92. The van der Waals surface area contributed by atoms with E-state index in [0.29, 0.717) is 12.3 Å². The van der Waals surface area contributed by atoms with E-state index >= 15 is 0 Å². The monoisotopic (exact) mass is 396 g/mol. The molecule has 28 heavy (non-hydrogen) atoms. The highest BCUT2D eigenvalue weighted by atomic mass is 32.1. The van der Waals surface area contributed by atoms with E-state index in [9.17, 15) is 4.79 Å².